The number of fused-ring (bicyclic) bond motifs is 2. The van der Waals surface area contributed by atoms with Gasteiger partial charge in [-0.1, -0.05) is 12.6 Å². The minimum Gasteiger partial charge on any atom is -0.497 e. The molecule has 5 aliphatic rings. The fraction of sp³-hybridized carbons (Fsp3) is 0.697. The molecule has 1 aliphatic carbocycles. The molecule has 1 amide bonds. The van der Waals surface area contributed by atoms with Crippen LogP contribution in [-0.4, -0.2) is 112 Å². The van der Waals surface area contributed by atoms with E-state index in [1.54, 1.807) is 7.11 Å². The van der Waals surface area contributed by atoms with Gasteiger partial charge in [0.05, 0.1) is 38.4 Å². The second-order valence-electron chi connectivity index (χ2n) is 13.6. The zero-order valence-corrected chi connectivity index (χ0v) is 26.1. The van der Waals surface area contributed by atoms with Crippen LogP contribution >= 0.6 is 0 Å². The maximum absolute atomic E-state index is 12.6. The average Bonchev–Trinajstić information content (AvgIpc) is 3.43. The molecule has 1 saturated carbocycles. The highest BCUT2D eigenvalue weighted by molar-refractivity contribution is 5.87. The standard InChI is InChI=1S/C33H49N7O3/c1-5-30(41)40-16-15-39(20-24(40)11-13-34)31-27-10-12-33(18-23-8-9-26(42-4)17-29(23)38(3)22-33)19-28(27)35-32(36-31)43-21-25-7-6-14-37(25)2/h5,8-9,17,24-25,27-28,31-32,35-36H,1,6-7,10-12,14-16,18-22H2,2-4H3/t24?,25?,27?,28?,31?,32?,33-/m1/s1. The molecule has 234 valence electrons. The molecule has 6 rings (SSSR count). The molecule has 1 aromatic carbocycles. The van der Waals surface area contributed by atoms with Crippen molar-refractivity contribution >= 4 is 11.6 Å². The molecule has 0 aromatic heterocycles. The van der Waals surface area contributed by atoms with Gasteiger partial charge in [-0.15, -0.1) is 0 Å². The number of carbonyl (C=O) groups is 1. The van der Waals surface area contributed by atoms with Crippen LogP contribution in [0.1, 0.15) is 44.1 Å². The molecule has 10 nitrogen and oxygen atoms in total. The molecule has 1 aromatic rings. The van der Waals surface area contributed by atoms with Crippen molar-refractivity contribution in [2.45, 2.75) is 75.6 Å². The number of amides is 1. The van der Waals surface area contributed by atoms with Gasteiger partial charge in [0, 0.05) is 63.0 Å². The van der Waals surface area contributed by atoms with Crippen molar-refractivity contribution < 1.29 is 14.3 Å². The number of hydrogen-bond donors (Lipinski definition) is 2. The van der Waals surface area contributed by atoms with Gasteiger partial charge >= 0.3 is 0 Å². The number of likely N-dealkylation sites (tertiary alicyclic amines) is 1. The zero-order chi connectivity index (χ0) is 30.1. The number of nitrogens with zero attached hydrogens (tertiary/aromatic N) is 5. The summed E-state index contributed by atoms with van der Waals surface area (Å²) in [5.41, 5.74) is 2.87. The van der Waals surface area contributed by atoms with E-state index in [-0.39, 0.29) is 29.9 Å². The monoisotopic (exact) mass is 591 g/mol. The maximum Gasteiger partial charge on any atom is 0.246 e. The van der Waals surface area contributed by atoms with Crippen LogP contribution in [0.3, 0.4) is 0 Å². The Morgan fingerprint density at radius 3 is 2.81 bits per heavy atom. The fourth-order valence-electron chi connectivity index (χ4n) is 8.69. The molecule has 7 atom stereocenters. The molecule has 0 radical (unpaired) electrons. The van der Waals surface area contributed by atoms with Gasteiger partial charge < -0.3 is 24.2 Å². The second kappa shape index (κ2) is 12.7. The summed E-state index contributed by atoms with van der Waals surface area (Å²) in [5, 5.41) is 17.4. The van der Waals surface area contributed by atoms with Gasteiger partial charge in [0.1, 0.15) is 5.75 Å². The Kier molecular flexibility index (Phi) is 8.99. The molecular formula is C33H49N7O3. The third kappa shape index (κ3) is 6.16. The average molecular weight is 592 g/mol. The summed E-state index contributed by atoms with van der Waals surface area (Å²) < 4.78 is 12.1. The van der Waals surface area contributed by atoms with Crippen LogP contribution in [0.5, 0.6) is 5.75 Å². The van der Waals surface area contributed by atoms with Crippen LogP contribution in [0.15, 0.2) is 30.9 Å². The molecule has 4 fully saturated rings. The Morgan fingerprint density at radius 1 is 1.21 bits per heavy atom. The number of hydrogen-bond acceptors (Lipinski definition) is 9. The summed E-state index contributed by atoms with van der Waals surface area (Å²) in [6.45, 7) is 8.60. The van der Waals surface area contributed by atoms with Gasteiger partial charge in [-0.2, -0.15) is 5.26 Å². The molecule has 4 aliphatic heterocycles. The van der Waals surface area contributed by atoms with Crippen LogP contribution in [-0.2, 0) is 16.0 Å². The Bertz CT molecular complexity index is 1220. The van der Waals surface area contributed by atoms with E-state index < -0.39 is 0 Å². The van der Waals surface area contributed by atoms with Crippen molar-refractivity contribution in [2.75, 3.05) is 65.4 Å². The fourth-order valence-corrected chi connectivity index (χ4v) is 8.69. The molecular weight excluding hydrogens is 542 g/mol. The van der Waals surface area contributed by atoms with Gasteiger partial charge in [0.15, 0.2) is 6.35 Å². The number of carbonyl (C=O) groups excluding carboxylic acids is 1. The predicted molar refractivity (Wildman–Crippen MR) is 166 cm³/mol. The van der Waals surface area contributed by atoms with Crippen molar-refractivity contribution in [1.82, 2.24) is 25.3 Å². The SMILES string of the molecule is C=CC(=O)N1CCN(C2NC(OCC3CCCN3C)NC3C[C@@]4(CCC32)Cc2ccc(OC)cc2N(C)C4)CC1CC#N. The van der Waals surface area contributed by atoms with E-state index in [9.17, 15) is 10.1 Å². The van der Waals surface area contributed by atoms with Crippen molar-refractivity contribution in [2.24, 2.45) is 11.3 Å². The van der Waals surface area contributed by atoms with Crippen LogP contribution in [0, 0.1) is 22.7 Å². The minimum atomic E-state index is -0.240. The quantitative estimate of drug-likeness (QED) is 0.464. The second-order valence-corrected chi connectivity index (χ2v) is 13.6. The van der Waals surface area contributed by atoms with Gasteiger partial charge in [0.2, 0.25) is 5.91 Å². The van der Waals surface area contributed by atoms with Gasteiger partial charge in [-0.05, 0) is 75.2 Å². The van der Waals surface area contributed by atoms with E-state index in [0.717, 1.165) is 44.6 Å². The highest BCUT2D eigenvalue weighted by atomic mass is 16.5. The normalized spacial score (nSPS) is 34.8. The van der Waals surface area contributed by atoms with Crippen LogP contribution in [0.25, 0.3) is 0 Å². The van der Waals surface area contributed by atoms with E-state index >= 15 is 0 Å². The number of methoxy groups -OCH3 is 1. The first kappa shape index (κ1) is 30.4. The van der Waals surface area contributed by atoms with E-state index in [4.69, 9.17) is 9.47 Å². The number of benzene rings is 1. The minimum absolute atomic E-state index is 0.0862. The third-order valence-electron chi connectivity index (χ3n) is 10.9. The highest BCUT2D eigenvalue weighted by Gasteiger charge is 2.50. The maximum atomic E-state index is 12.6. The number of anilines is 1. The summed E-state index contributed by atoms with van der Waals surface area (Å²) in [6.07, 6.45) is 8.41. The van der Waals surface area contributed by atoms with Gasteiger partial charge in [-0.3, -0.25) is 20.3 Å². The summed E-state index contributed by atoms with van der Waals surface area (Å²) >= 11 is 0. The number of rotatable bonds is 7. The molecule has 6 unspecified atom stereocenters. The van der Waals surface area contributed by atoms with E-state index in [1.165, 1.54) is 36.6 Å². The molecule has 3 saturated heterocycles. The number of nitriles is 1. The Labute approximate surface area is 256 Å². The lowest BCUT2D eigenvalue weighted by Crippen LogP contribution is -2.73. The Hall–Kier alpha value is -2.68. The number of likely N-dealkylation sites (N-methyl/N-ethyl adjacent to an activating group) is 1. The zero-order valence-electron chi connectivity index (χ0n) is 26.1. The molecule has 1 spiro atoms. The molecule has 2 N–H and O–H groups in total. The summed E-state index contributed by atoms with van der Waals surface area (Å²) in [7, 11) is 6.14. The number of ether oxygens (including phenoxy) is 2. The van der Waals surface area contributed by atoms with Gasteiger partial charge in [0.25, 0.3) is 0 Å². The van der Waals surface area contributed by atoms with E-state index in [2.05, 4.69) is 70.3 Å². The van der Waals surface area contributed by atoms with Crippen molar-refractivity contribution in [3.05, 3.63) is 36.4 Å². The lowest BCUT2D eigenvalue weighted by Gasteiger charge is -2.57. The summed E-state index contributed by atoms with van der Waals surface area (Å²) in [6, 6.07) is 9.45. The van der Waals surface area contributed by atoms with Crippen molar-refractivity contribution in [3.8, 4) is 11.8 Å². The van der Waals surface area contributed by atoms with Crippen LogP contribution in [0.4, 0.5) is 5.69 Å². The summed E-state index contributed by atoms with van der Waals surface area (Å²) in [4.78, 5) is 21.7. The highest BCUT2D eigenvalue weighted by Crippen LogP contribution is 2.49. The first-order valence-electron chi connectivity index (χ1n) is 16.1. The molecule has 43 heavy (non-hydrogen) atoms. The Morgan fingerprint density at radius 2 is 2.07 bits per heavy atom. The summed E-state index contributed by atoms with van der Waals surface area (Å²) in [5.74, 6) is 1.23. The van der Waals surface area contributed by atoms with Crippen molar-refractivity contribution in [3.63, 3.8) is 0 Å². The van der Waals surface area contributed by atoms with Crippen molar-refractivity contribution in [1.29, 1.82) is 5.26 Å². The first-order valence-corrected chi connectivity index (χ1v) is 16.1. The lowest BCUT2D eigenvalue weighted by molar-refractivity contribution is -0.137. The smallest absolute Gasteiger partial charge is 0.246 e. The molecule has 0 bridgehead atoms. The molecule has 10 heteroatoms. The predicted octanol–water partition coefficient (Wildman–Crippen LogP) is 2.37. The van der Waals surface area contributed by atoms with E-state index in [1.807, 2.05) is 4.90 Å². The largest absolute Gasteiger partial charge is 0.497 e. The molecule has 4 heterocycles. The first-order chi connectivity index (χ1) is 20.8. The van der Waals surface area contributed by atoms with Gasteiger partial charge in [-0.25, -0.2) is 0 Å². The lowest BCUT2D eigenvalue weighted by atomic mass is 9.62. The topological polar surface area (TPSA) is 96.3 Å². The van der Waals surface area contributed by atoms with Crippen LogP contribution in [0.2, 0.25) is 0 Å². The third-order valence-corrected chi connectivity index (χ3v) is 10.9. The van der Waals surface area contributed by atoms with E-state index in [0.29, 0.717) is 44.1 Å². The van der Waals surface area contributed by atoms with Crippen LogP contribution < -0.4 is 20.3 Å². The number of piperazine rings is 1. The Balaban J connectivity index is 1.22. The number of nitrogens with one attached hydrogen (secondary N) is 2.